The molecule has 0 aliphatic rings. The molecule has 0 aliphatic carbocycles. The van der Waals surface area contributed by atoms with Gasteiger partial charge in [-0.1, -0.05) is 31.9 Å². The van der Waals surface area contributed by atoms with E-state index in [4.69, 9.17) is 12.2 Å². The minimum Gasteiger partial charge on any atom is -0.507 e. The van der Waals surface area contributed by atoms with E-state index < -0.39 is 0 Å². The van der Waals surface area contributed by atoms with E-state index in [-0.39, 0.29) is 16.6 Å². The molecule has 0 bridgehead atoms. The zero-order valence-corrected chi connectivity index (χ0v) is 15.6. The number of nitrogens with one attached hydrogen (secondary N) is 1. The minimum absolute atomic E-state index is 0.0994. The van der Waals surface area contributed by atoms with Crippen LogP contribution < -0.4 is 5.43 Å². The van der Waals surface area contributed by atoms with E-state index in [1.807, 2.05) is 0 Å². The molecule has 2 aromatic rings. The average Bonchev–Trinajstić information content (AvgIpc) is 2.51. The van der Waals surface area contributed by atoms with Crippen molar-refractivity contribution in [1.82, 2.24) is 5.43 Å². The highest BCUT2D eigenvalue weighted by molar-refractivity contribution is 9.10. The van der Waals surface area contributed by atoms with E-state index in [9.17, 15) is 10.2 Å². The molecule has 2 rings (SSSR count). The zero-order valence-electron chi connectivity index (χ0n) is 11.6. The van der Waals surface area contributed by atoms with E-state index in [0.29, 0.717) is 11.1 Å². The third-order valence-electron chi connectivity index (χ3n) is 2.66. The van der Waals surface area contributed by atoms with Gasteiger partial charge in [-0.25, -0.2) is 4.99 Å². The van der Waals surface area contributed by atoms with Crippen molar-refractivity contribution < 1.29 is 10.2 Å². The first kappa shape index (κ1) is 17.6. The van der Waals surface area contributed by atoms with Gasteiger partial charge in [-0.05, 0) is 48.6 Å². The molecule has 23 heavy (non-hydrogen) atoms. The molecule has 0 saturated heterocycles. The highest BCUT2D eigenvalue weighted by atomic mass is 79.9. The second kappa shape index (κ2) is 8.19. The number of phenolic OH excluding ortho intramolecular Hbond substituents is 2. The van der Waals surface area contributed by atoms with Crippen molar-refractivity contribution in [3.05, 3.63) is 56.5 Å². The lowest BCUT2D eigenvalue weighted by atomic mass is 10.2. The SMILES string of the molecule is Oc1ccc(Br)cc1/C=N/NC(=S)/N=C/c1cc(Br)ccc1O. The number of aliphatic imine (C=N–C) groups is 1. The van der Waals surface area contributed by atoms with E-state index >= 15 is 0 Å². The maximum atomic E-state index is 9.69. The molecule has 0 saturated carbocycles. The molecule has 0 radical (unpaired) electrons. The molecule has 5 nitrogen and oxygen atoms in total. The Morgan fingerprint density at radius 2 is 1.48 bits per heavy atom. The van der Waals surface area contributed by atoms with Crippen LogP contribution in [0.2, 0.25) is 0 Å². The second-order valence-electron chi connectivity index (χ2n) is 4.34. The monoisotopic (exact) mass is 455 g/mol. The van der Waals surface area contributed by atoms with Gasteiger partial charge in [0.15, 0.2) is 0 Å². The van der Waals surface area contributed by atoms with Crippen LogP contribution in [0.15, 0.2) is 55.4 Å². The number of aromatic hydroxyl groups is 2. The lowest BCUT2D eigenvalue weighted by Gasteiger charge is -2.01. The number of hydrazone groups is 1. The number of rotatable bonds is 3. The molecule has 118 valence electrons. The zero-order chi connectivity index (χ0) is 16.8. The van der Waals surface area contributed by atoms with Gasteiger partial charge in [-0.3, -0.25) is 5.43 Å². The van der Waals surface area contributed by atoms with Crippen LogP contribution in [0, 0.1) is 0 Å². The lowest BCUT2D eigenvalue weighted by molar-refractivity contribution is 0.474. The number of hydrogen-bond acceptors (Lipinski definition) is 4. The van der Waals surface area contributed by atoms with Gasteiger partial charge in [0.25, 0.3) is 0 Å². The third-order valence-corrected chi connectivity index (χ3v) is 3.85. The van der Waals surface area contributed by atoms with Crippen LogP contribution in [0.3, 0.4) is 0 Å². The van der Waals surface area contributed by atoms with Gasteiger partial charge in [0.05, 0.1) is 6.21 Å². The third kappa shape index (κ3) is 5.42. The molecule has 3 N–H and O–H groups in total. The molecule has 0 unspecified atom stereocenters. The summed E-state index contributed by atoms with van der Waals surface area (Å²) in [5.41, 5.74) is 3.62. The largest absolute Gasteiger partial charge is 0.507 e. The standard InChI is InChI=1S/C15H11Br2N3O2S/c16-11-1-3-13(21)9(5-11)7-18-15(23)20-19-8-10-6-12(17)2-4-14(10)22/h1-8,21-22H,(H,20,23)/b18-7+,19-8+. The van der Waals surface area contributed by atoms with Gasteiger partial charge >= 0.3 is 0 Å². The molecule has 0 aliphatic heterocycles. The van der Waals surface area contributed by atoms with E-state index in [2.05, 4.69) is 47.4 Å². The van der Waals surface area contributed by atoms with Crippen molar-refractivity contribution in [2.45, 2.75) is 0 Å². The molecule has 8 heteroatoms. The Kier molecular flexibility index (Phi) is 6.26. The number of nitrogens with zero attached hydrogens (tertiary/aromatic N) is 2. The normalized spacial score (nSPS) is 11.2. The van der Waals surface area contributed by atoms with Crippen LogP contribution >= 0.6 is 44.1 Å². The van der Waals surface area contributed by atoms with Gasteiger partial charge in [-0.2, -0.15) is 5.10 Å². The molecule has 0 spiro atoms. The molecule has 0 amide bonds. The van der Waals surface area contributed by atoms with Crippen molar-refractivity contribution in [2.75, 3.05) is 0 Å². The average molecular weight is 457 g/mol. The van der Waals surface area contributed by atoms with Crippen LogP contribution in [0.4, 0.5) is 0 Å². The summed E-state index contributed by atoms with van der Waals surface area (Å²) in [7, 11) is 0. The lowest BCUT2D eigenvalue weighted by Crippen LogP contribution is -2.12. The fraction of sp³-hybridized carbons (Fsp3) is 0. The van der Waals surface area contributed by atoms with Gasteiger partial charge < -0.3 is 10.2 Å². The fourth-order valence-electron chi connectivity index (χ4n) is 1.57. The summed E-state index contributed by atoms with van der Waals surface area (Å²) in [5.74, 6) is 0.203. The number of benzene rings is 2. The predicted octanol–water partition coefficient (Wildman–Crippen LogP) is 3.95. The predicted molar refractivity (Wildman–Crippen MR) is 103 cm³/mol. The van der Waals surface area contributed by atoms with Crippen LogP contribution in [0.25, 0.3) is 0 Å². The van der Waals surface area contributed by atoms with Crippen molar-refractivity contribution in [3.8, 4) is 11.5 Å². The Hall–Kier alpha value is -1.77. The van der Waals surface area contributed by atoms with Crippen LogP contribution in [0.5, 0.6) is 11.5 Å². The minimum atomic E-state index is 0.0994. The molecule has 0 fully saturated rings. The first-order valence-corrected chi connectivity index (χ1v) is 8.29. The van der Waals surface area contributed by atoms with Crippen LogP contribution in [-0.2, 0) is 0 Å². The molecule has 0 heterocycles. The number of thiocarbonyl (C=S) groups is 1. The van der Waals surface area contributed by atoms with Crippen molar-refractivity contribution >= 4 is 61.6 Å². The fourth-order valence-corrected chi connectivity index (χ4v) is 2.43. The molecular formula is C15H11Br2N3O2S. The van der Waals surface area contributed by atoms with Crippen molar-refractivity contribution in [3.63, 3.8) is 0 Å². The van der Waals surface area contributed by atoms with E-state index in [0.717, 1.165) is 8.95 Å². The Balaban J connectivity index is 1.99. The molecule has 2 aromatic carbocycles. The summed E-state index contributed by atoms with van der Waals surface area (Å²) in [4.78, 5) is 4.00. The van der Waals surface area contributed by atoms with Gasteiger partial charge in [0, 0.05) is 26.3 Å². The Morgan fingerprint density at radius 3 is 2.04 bits per heavy atom. The number of hydrogen-bond donors (Lipinski definition) is 3. The quantitative estimate of drug-likeness (QED) is 0.371. The maximum absolute atomic E-state index is 9.69. The Bertz CT molecular complexity index is 794. The van der Waals surface area contributed by atoms with E-state index in [1.165, 1.54) is 12.4 Å². The number of halogens is 2. The topological polar surface area (TPSA) is 77.2 Å². The van der Waals surface area contributed by atoms with Crippen LogP contribution in [0.1, 0.15) is 11.1 Å². The summed E-state index contributed by atoms with van der Waals surface area (Å²) in [6, 6.07) is 9.97. The van der Waals surface area contributed by atoms with Gasteiger partial charge in [0.2, 0.25) is 5.11 Å². The van der Waals surface area contributed by atoms with E-state index in [1.54, 1.807) is 36.4 Å². The summed E-state index contributed by atoms with van der Waals surface area (Å²) < 4.78 is 1.64. The second-order valence-corrected chi connectivity index (χ2v) is 6.56. The highest BCUT2D eigenvalue weighted by Crippen LogP contribution is 2.20. The Morgan fingerprint density at radius 1 is 0.957 bits per heavy atom. The highest BCUT2D eigenvalue weighted by Gasteiger charge is 2.00. The Labute approximate surface area is 155 Å². The first-order valence-electron chi connectivity index (χ1n) is 6.30. The smallest absolute Gasteiger partial charge is 0.213 e. The summed E-state index contributed by atoms with van der Waals surface area (Å²) in [5, 5.41) is 23.4. The molecule has 0 atom stereocenters. The van der Waals surface area contributed by atoms with Gasteiger partial charge in [-0.15, -0.1) is 0 Å². The summed E-state index contributed by atoms with van der Waals surface area (Å²) in [6.07, 6.45) is 2.86. The first-order chi connectivity index (χ1) is 11.0. The maximum Gasteiger partial charge on any atom is 0.213 e. The van der Waals surface area contributed by atoms with Crippen LogP contribution in [-0.4, -0.2) is 27.8 Å². The number of phenols is 2. The van der Waals surface area contributed by atoms with Crippen molar-refractivity contribution in [2.24, 2.45) is 10.1 Å². The van der Waals surface area contributed by atoms with Crippen molar-refractivity contribution in [1.29, 1.82) is 0 Å². The summed E-state index contributed by atoms with van der Waals surface area (Å²) >= 11 is 11.6. The molecular weight excluding hydrogens is 446 g/mol. The summed E-state index contributed by atoms with van der Waals surface area (Å²) in [6.45, 7) is 0. The van der Waals surface area contributed by atoms with Gasteiger partial charge in [0.1, 0.15) is 11.5 Å². The molecule has 0 aromatic heterocycles.